The second-order valence-corrected chi connectivity index (χ2v) is 7.52. The van der Waals surface area contributed by atoms with Gasteiger partial charge in [-0.3, -0.25) is 0 Å². The summed E-state index contributed by atoms with van der Waals surface area (Å²) in [6.07, 6.45) is 1.28. The van der Waals surface area contributed by atoms with Crippen LogP contribution in [-0.2, 0) is 9.84 Å². The fourth-order valence-corrected chi connectivity index (χ4v) is 2.80. The molecular formula is C14H23NO2S. The van der Waals surface area contributed by atoms with E-state index >= 15 is 0 Å². The van der Waals surface area contributed by atoms with Gasteiger partial charge >= 0.3 is 0 Å². The van der Waals surface area contributed by atoms with E-state index in [0.29, 0.717) is 5.92 Å². The second kappa shape index (κ2) is 5.85. The van der Waals surface area contributed by atoms with Crippen LogP contribution in [0.3, 0.4) is 0 Å². The number of nitrogens with one attached hydrogen (secondary N) is 1. The van der Waals surface area contributed by atoms with Gasteiger partial charge in [-0.2, -0.15) is 0 Å². The number of rotatable bonds is 5. The molecule has 18 heavy (non-hydrogen) atoms. The average molecular weight is 269 g/mol. The zero-order valence-corrected chi connectivity index (χ0v) is 12.6. The molecule has 3 nitrogen and oxygen atoms in total. The first kappa shape index (κ1) is 15.2. The van der Waals surface area contributed by atoms with Crippen molar-refractivity contribution in [1.82, 2.24) is 5.32 Å². The lowest BCUT2D eigenvalue weighted by molar-refractivity contribution is 0.535. The predicted molar refractivity (Wildman–Crippen MR) is 76.6 cm³/mol. The fraction of sp³-hybridized carbons (Fsp3) is 0.571. The Kier molecular flexibility index (Phi) is 4.93. The van der Waals surface area contributed by atoms with Gasteiger partial charge in [-0.05, 0) is 31.0 Å². The summed E-state index contributed by atoms with van der Waals surface area (Å²) in [7, 11) is -1.26. The molecule has 0 saturated heterocycles. The monoisotopic (exact) mass is 269 g/mol. The Bertz CT molecular complexity index is 477. The topological polar surface area (TPSA) is 46.2 Å². The Morgan fingerprint density at radius 3 is 1.78 bits per heavy atom. The number of hydrogen-bond donors (Lipinski definition) is 1. The summed E-state index contributed by atoms with van der Waals surface area (Å²) in [5, 5.41) is 2.66. The third kappa shape index (κ3) is 3.56. The first-order valence-electron chi connectivity index (χ1n) is 6.23. The van der Waals surface area contributed by atoms with Gasteiger partial charge < -0.3 is 5.32 Å². The van der Waals surface area contributed by atoms with Crippen LogP contribution in [0, 0.1) is 0 Å². The largest absolute Gasteiger partial charge is 0.312 e. The van der Waals surface area contributed by atoms with Gasteiger partial charge in [0, 0.05) is 12.3 Å². The average Bonchev–Trinajstić information content (AvgIpc) is 2.29. The summed E-state index contributed by atoms with van der Waals surface area (Å²) < 4.78 is 23.3. The molecule has 1 aromatic carbocycles. The quantitative estimate of drug-likeness (QED) is 0.893. The van der Waals surface area contributed by atoms with Gasteiger partial charge in [0.2, 0.25) is 0 Å². The first-order chi connectivity index (χ1) is 8.27. The second-order valence-electron chi connectivity index (χ2n) is 5.12. The third-order valence-electron chi connectivity index (χ3n) is 3.42. The number of sulfone groups is 1. The summed E-state index contributed by atoms with van der Waals surface area (Å²) >= 11 is 0. The normalized spacial score (nSPS) is 15.7. The first-order valence-corrected chi connectivity index (χ1v) is 8.18. The number of hydrogen-bond acceptors (Lipinski definition) is 3. The Balaban J connectivity index is 3.03. The molecule has 1 N–H and O–H groups in total. The molecule has 0 aliphatic carbocycles. The van der Waals surface area contributed by atoms with E-state index in [0.717, 1.165) is 5.56 Å². The van der Waals surface area contributed by atoms with Crippen molar-refractivity contribution in [2.75, 3.05) is 13.3 Å². The molecule has 2 unspecified atom stereocenters. The van der Waals surface area contributed by atoms with Crippen LogP contribution in [-0.4, -0.2) is 27.0 Å². The Hall–Kier alpha value is -0.870. The predicted octanol–water partition coefficient (Wildman–Crippen LogP) is 2.50. The standard InChI is InChI=1S/C14H23NO2S/c1-10(2)12-6-8-13(9-7-12)14(15-4)11(3)18(5,16)17/h6-11,14-15H,1-5H3. The SMILES string of the molecule is CNC(c1ccc(C(C)C)cc1)C(C)S(C)(=O)=O. The molecule has 0 spiro atoms. The molecule has 0 amide bonds. The van der Waals surface area contributed by atoms with E-state index in [1.807, 2.05) is 12.1 Å². The zero-order valence-electron chi connectivity index (χ0n) is 11.8. The van der Waals surface area contributed by atoms with Crippen LogP contribution in [0.4, 0.5) is 0 Å². The summed E-state index contributed by atoms with van der Waals surface area (Å²) in [6.45, 7) is 6.03. The van der Waals surface area contributed by atoms with Gasteiger partial charge in [-0.25, -0.2) is 8.42 Å². The van der Waals surface area contributed by atoms with E-state index in [2.05, 4.69) is 31.3 Å². The van der Waals surface area contributed by atoms with Gasteiger partial charge in [0.05, 0.1) is 5.25 Å². The summed E-state index contributed by atoms with van der Waals surface area (Å²) in [5.41, 5.74) is 2.28. The van der Waals surface area contributed by atoms with Crippen LogP contribution in [0.15, 0.2) is 24.3 Å². The van der Waals surface area contributed by atoms with Crippen LogP contribution in [0.5, 0.6) is 0 Å². The Morgan fingerprint density at radius 2 is 1.44 bits per heavy atom. The van der Waals surface area contributed by atoms with Gasteiger partial charge in [0.15, 0.2) is 9.84 Å². The minimum absolute atomic E-state index is 0.166. The lowest BCUT2D eigenvalue weighted by atomic mass is 9.98. The van der Waals surface area contributed by atoms with E-state index < -0.39 is 15.1 Å². The van der Waals surface area contributed by atoms with Crippen LogP contribution in [0.1, 0.15) is 43.9 Å². The molecule has 0 fully saturated rings. The van der Waals surface area contributed by atoms with Crippen molar-refractivity contribution in [3.8, 4) is 0 Å². The van der Waals surface area contributed by atoms with Crippen LogP contribution >= 0.6 is 0 Å². The Labute approximate surface area is 111 Å². The molecule has 0 heterocycles. The summed E-state index contributed by atoms with van der Waals surface area (Å²) in [4.78, 5) is 0. The number of benzene rings is 1. The van der Waals surface area contributed by atoms with E-state index in [1.54, 1.807) is 14.0 Å². The highest BCUT2D eigenvalue weighted by atomic mass is 32.2. The van der Waals surface area contributed by atoms with Crippen LogP contribution in [0.2, 0.25) is 0 Å². The van der Waals surface area contributed by atoms with Gasteiger partial charge in [0.1, 0.15) is 0 Å². The molecule has 1 aromatic rings. The maximum Gasteiger partial charge on any atom is 0.151 e. The van der Waals surface area contributed by atoms with E-state index in [-0.39, 0.29) is 6.04 Å². The fourth-order valence-electron chi connectivity index (χ4n) is 2.01. The molecule has 4 heteroatoms. The van der Waals surface area contributed by atoms with E-state index in [4.69, 9.17) is 0 Å². The summed E-state index contributed by atoms with van der Waals surface area (Å²) in [6, 6.07) is 8.00. The molecule has 0 aliphatic rings. The van der Waals surface area contributed by atoms with Crippen molar-refractivity contribution < 1.29 is 8.42 Å². The third-order valence-corrected chi connectivity index (χ3v) is 5.04. The molecule has 0 radical (unpaired) electrons. The zero-order chi connectivity index (χ0) is 13.9. The lowest BCUT2D eigenvalue weighted by Gasteiger charge is -2.23. The van der Waals surface area contributed by atoms with E-state index in [1.165, 1.54) is 11.8 Å². The Morgan fingerprint density at radius 1 is 1.00 bits per heavy atom. The minimum Gasteiger partial charge on any atom is -0.312 e. The molecule has 0 bridgehead atoms. The van der Waals surface area contributed by atoms with E-state index in [9.17, 15) is 8.42 Å². The van der Waals surface area contributed by atoms with Crippen LogP contribution < -0.4 is 5.32 Å². The molecule has 102 valence electrons. The molecule has 0 saturated carbocycles. The smallest absolute Gasteiger partial charge is 0.151 e. The highest BCUT2D eigenvalue weighted by molar-refractivity contribution is 7.91. The highest BCUT2D eigenvalue weighted by Gasteiger charge is 2.25. The highest BCUT2D eigenvalue weighted by Crippen LogP contribution is 2.23. The van der Waals surface area contributed by atoms with Gasteiger partial charge in [-0.1, -0.05) is 38.1 Å². The van der Waals surface area contributed by atoms with Gasteiger partial charge in [0.25, 0.3) is 0 Å². The van der Waals surface area contributed by atoms with Crippen molar-refractivity contribution >= 4 is 9.84 Å². The molecule has 2 atom stereocenters. The maximum absolute atomic E-state index is 11.6. The minimum atomic E-state index is -3.05. The van der Waals surface area contributed by atoms with Crippen molar-refractivity contribution in [1.29, 1.82) is 0 Å². The molecule has 0 aromatic heterocycles. The molecule has 1 rings (SSSR count). The van der Waals surface area contributed by atoms with Crippen molar-refractivity contribution in [2.45, 2.75) is 38.0 Å². The summed E-state index contributed by atoms with van der Waals surface area (Å²) in [5.74, 6) is 0.486. The molecule has 0 aliphatic heterocycles. The lowest BCUT2D eigenvalue weighted by Crippen LogP contribution is -2.32. The van der Waals surface area contributed by atoms with Gasteiger partial charge in [-0.15, -0.1) is 0 Å². The molecular weight excluding hydrogens is 246 g/mol. The van der Waals surface area contributed by atoms with Crippen molar-refractivity contribution in [3.63, 3.8) is 0 Å². The maximum atomic E-state index is 11.6. The van der Waals surface area contributed by atoms with Crippen molar-refractivity contribution in [2.24, 2.45) is 0 Å². The van der Waals surface area contributed by atoms with Crippen molar-refractivity contribution in [3.05, 3.63) is 35.4 Å². The van der Waals surface area contributed by atoms with Crippen LogP contribution in [0.25, 0.3) is 0 Å².